The van der Waals surface area contributed by atoms with Gasteiger partial charge in [0.2, 0.25) is 5.88 Å². The van der Waals surface area contributed by atoms with Crippen LogP contribution in [0.25, 0.3) is 0 Å². The van der Waals surface area contributed by atoms with E-state index in [9.17, 15) is 0 Å². The van der Waals surface area contributed by atoms with Gasteiger partial charge < -0.3 is 10.5 Å². The molecule has 0 aliphatic rings. The first-order chi connectivity index (χ1) is 8.02. The van der Waals surface area contributed by atoms with Gasteiger partial charge in [-0.2, -0.15) is 0 Å². The van der Waals surface area contributed by atoms with E-state index in [2.05, 4.69) is 4.98 Å². The first-order valence-corrected chi connectivity index (χ1v) is 5.73. The van der Waals surface area contributed by atoms with Crippen LogP contribution in [0.2, 0.25) is 15.2 Å². The Balaban J connectivity index is 2.31. The van der Waals surface area contributed by atoms with Gasteiger partial charge in [-0.25, -0.2) is 4.98 Å². The second-order valence-corrected chi connectivity index (χ2v) is 4.53. The molecule has 1 heterocycles. The zero-order valence-corrected chi connectivity index (χ0v) is 10.7. The summed E-state index contributed by atoms with van der Waals surface area (Å²) in [7, 11) is 0. The maximum Gasteiger partial charge on any atom is 0.222 e. The molecule has 3 nitrogen and oxygen atoms in total. The quantitative estimate of drug-likeness (QED) is 0.833. The predicted octanol–water partition coefficient (Wildman–Crippen LogP) is 4.42. The molecule has 0 bridgehead atoms. The van der Waals surface area contributed by atoms with Gasteiger partial charge in [0, 0.05) is 21.8 Å². The fourth-order valence-corrected chi connectivity index (χ4v) is 1.97. The van der Waals surface area contributed by atoms with Gasteiger partial charge in [0.15, 0.2) is 0 Å². The van der Waals surface area contributed by atoms with Gasteiger partial charge in [-0.05, 0) is 24.3 Å². The summed E-state index contributed by atoms with van der Waals surface area (Å²) in [5, 5.41) is 1.21. The van der Waals surface area contributed by atoms with E-state index in [-0.39, 0.29) is 11.0 Å². The van der Waals surface area contributed by atoms with Crippen LogP contribution >= 0.6 is 34.8 Å². The summed E-state index contributed by atoms with van der Waals surface area (Å²) in [6.45, 7) is 0. The highest BCUT2D eigenvalue weighted by atomic mass is 35.5. The van der Waals surface area contributed by atoms with E-state index in [1.54, 1.807) is 24.3 Å². The molecule has 1 aromatic carbocycles. The van der Waals surface area contributed by atoms with Crippen molar-refractivity contribution in [3.05, 3.63) is 45.5 Å². The zero-order chi connectivity index (χ0) is 12.4. The van der Waals surface area contributed by atoms with Gasteiger partial charge in [0.1, 0.15) is 10.9 Å². The number of hydrogen-bond acceptors (Lipinski definition) is 3. The number of nitrogens with zero attached hydrogens (tertiary/aromatic N) is 1. The van der Waals surface area contributed by atoms with Crippen LogP contribution in [0.15, 0.2) is 30.3 Å². The van der Waals surface area contributed by atoms with Crippen LogP contribution in [0.1, 0.15) is 0 Å². The maximum atomic E-state index is 5.84. The molecule has 2 rings (SSSR count). The molecule has 2 aromatic rings. The zero-order valence-electron chi connectivity index (χ0n) is 8.45. The second-order valence-electron chi connectivity index (χ2n) is 3.27. The molecule has 1 aromatic heterocycles. The third-order valence-corrected chi connectivity index (χ3v) is 2.48. The van der Waals surface area contributed by atoms with Crippen molar-refractivity contribution in [2.24, 2.45) is 0 Å². The molecule has 0 radical (unpaired) electrons. The topological polar surface area (TPSA) is 48.1 Å². The minimum Gasteiger partial charge on any atom is -0.439 e. The summed E-state index contributed by atoms with van der Waals surface area (Å²) in [4.78, 5) is 3.97. The molecule has 0 atom stereocenters. The Morgan fingerprint density at radius 1 is 0.941 bits per heavy atom. The van der Waals surface area contributed by atoms with Gasteiger partial charge >= 0.3 is 0 Å². The van der Waals surface area contributed by atoms with Crippen molar-refractivity contribution in [2.75, 3.05) is 5.73 Å². The Bertz CT molecular complexity index is 470. The molecule has 0 saturated carbocycles. The van der Waals surface area contributed by atoms with Gasteiger partial charge in [-0.1, -0.05) is 34.8 Å². The molecule has 88 valence electrons. The first-order valence-electron chi connectivity index (χ1n) is 4.60. The summed E-state index contributed by atoms with van der Waals surface area (Å²) < 4.78 is 5.46. The summed E-state index contributed by atoms with van der Waals surface area (Å²) >= 11 is 17.4. The van der Waals surface area contributed by atoms with Crippen molar-refractivity contribution in [3.63, 3.8) is 0 Å². The third-order valence-electron chi connectivity index (χ3n) is 1.85. The van der Waals surface area contributed by atoms with Gasteiger partial charge in [-0.3, -0.25) is 0 Å². The number of anilines is 1. The van der Waals surface area contributed by atoms with Crippen molar-refractivity contribution in [1.82, 2.24) is 4.98 Å². The smallest absolute Gasteiger partial charge is 0.222 e. The van der Waals surface area contributed by atoms with E-state index in [0.717, 1.165) is 0 Å². The summed E-state index contributed by atoms with van der Waals surface area (Å²) in [6, 6.07) is 7.92. The number of nitrogen functional groups attached to an aromatic ring is 1. The van der Waals surface area contributed by atoms with Gasteiger partial charge in [0.05, 0.1) is 0 Å². The van der Waals surface area contributed by atoms with Crippen LogP contribution < -0.4 is 10.5 Å². The Morgan fingerprint density at radius 3 is 2.18 bits per heavy atom. The molecule has 0 spiro atoms. The molecule has 0 saturated heterocycles. The highest BCUT2D eigenvalue weighted by Crippen LogP contribution is 2.28. The molecular weight excluding hydrogens is 282 g/mol. The van der Waals surface area contributed by atoms with E-state index >= 15 is 0 Å². The standard InChI is InChI=1S/C11H7Cl3N2O/c12-6-1-7(13)3-9(2-6)17-11-5-8(15)4-10(14)16-11/h1-5H,(H2,15,16). The Hall–Kier alpha value is -1.16. The lowest BCUT2D eigenvalue weighted by Gasteiger charge is -2.06. The molecule has 0 unspecified atom stereocenters. The van der Waals surface area contributed by atoms with Crippen molar-refractivity contribution < 1.29 is 4.74 Å². The fourth-order valence-electron chi connectivity index (χ4n) is 1.25. The number of benzene rings is 1. The molecule has 0 fully saturated rings. The van der Waals surface area contributed by atoms with E-state index in [1.165, 1.54) is 6.07 Å². The average molecular weight is 290 g/mol. The summed E-state index contributed by atoms with van der Waals surface area (Å²) in [6.07, 6.45) is 0. The minimum atomic E-state index is 0.258. The van der Waals surface area contributed by atoms with Crippen LogP contribution in [0.4, 0.5) is 5.69 Å². The molecule has 0 amide bonds. The lowest BCUT2D eigenvalue weighted by Crippen LogP contribution is -1.92. The second kappa shape index (κ2) is 5.00. The fraction of sp³-hybridized carbons (Fsp3) is 0. The van der Waals surface area contributed by atoms with Crippen molar-refractivity contribution in [3.8, 4) is 11.6 Å². The van der Waals surface area contributed by atoms with Crippen molar-refractivity contribution in [2.45, 2.75) is 0 Å². The lowest BCUT2D eigenvalue weighted by molar-refractivity contribution is 0.463. The van der Waals surface area contributed by atoms with Gasteiger partial charge in [-0.15, -0.1) is 0 Å². The number of rotatable bonds is 2. The molecule has 0 aliphatic carbocycles. The predicted molar refractivity (Wildman–Crippen MR) is 70.2 cm³/mol. The number of halogens is 3. The van der Waals surface area contributed by atoms with E-state index in [4.69, 9.17) is 45.3 Å². The van der Waals surface area contributed by atoms with Crippen LogP contribution in [-0.2, 0) is 0 Å². The number of nitrogens with two attached hydrogens (primary N) is 1. The maximum absolute atomic E-state index is 5.84. The minimum absolute atomic E-state index is 0.258. The van der Waals surface area contributed by atoms with Gasteiger partial charge in [0.25, 0.3) is 0 Å². The first kappa shape index (κ1) is 12.3. The Kier molecular flexibility index (Phi) is 3.62. The summed E-state index contributed by atoms with van der Waals surface area (Å²) in [5.41, 5.74) is 6.08. The highest BCUT2D eigenvalue weighted by molar-refractivity contribution is 6.34. The molecule has 6 heteroatoms. The van der Waals surface area contributed by atoms with E-state index in [1.807, 2.05) is 0 Å². The Labute approximate surface area is 113 Å². The lowest BCUT2D eigenvalue weighted by atomic mass is 10.3. The molecule has 2 N–H and O–H groups in total. The van der Waals surface area contributed by atoms with Crippen molar-refractivity contribution in [1.29, 1.82) is 0 Å². The molecular formula is C11H7Cl3N2O. The highest BCUT2D eigenvalue weighted by Gasteiger charge is 2.04. The average Bonchev–Trinajstić information content (AvgIpc) is 2.13. The van der Waals surface area contributed by atoms with E-state index in [0.29, 0.717) is 21.5 Å². The largest absolute Gasteiger partial charge is 0.439 e. The number of hydrogen-bond donors (Lipinski definition) is 1. The third kappa shape index (κ3) is 3.40. The summed E-state index contributed by atoms with van der Waals surface area (Å²) in [5.74, 6) is 0.755. The number of ether oxygens (including phenoxy) is 1. The molecule has 0 aliphatic heterocycles. The monoisotopic (exact) mass is 288 g/mol. The number of pyridine rings is 1. The van der Waals surface area contributed by atoms with Crippen LogP contribution in [0.3, 0.4) is 0 Å². The van der Waals surface area contributed by atoms with Crippen LogP contribution in [-0.4, -0.2) is 4.98 Å². The molecule has 17 heavy (non-hydrogen) atoms. The Morgan fingerprint density at radius 2 is 1.59 bits per heavy atom. The van der Waals surface area contributed by atoms with Crippen LogP contribution in [0.5, 0.6) is 11.6 Å². The van der Waals surface area contributed by atoms with Crippen LogP contribution in [0, 0.1) is 0 Å². The number of aromatic nitrogens is 1. The van der Waals surface area contributed by atoms with E-state index < -0.39 is 0 Å². The van der Waals surface area contributed by atoms with Crippen molar-refractivity contribution >= 4 is 40.5 Å². The normalized spacial score (nSPS) is 10.3. The SMILES string of the molecule is Nc1cc(Cl)nc(Oc2cc(Cl)cc(Cl)c2)c1.